The van der Waals surface area contributed by atoms with E-state index in [1.165, 1.54) is 4.90 Å². The fourth-order valence-corrected chi connectivity index (χ4v) is 2.94. The van der Waals surface area contributed by atoms with Crippen LogP contribution in [0.15, 0.2) is 30.3 Å². The molecule has 0 unspecified atom stereocenters. The van der Waals surface area contributed by atoms with Gasteiger partial charge in [-0.2, -0.15) is 0 Å². The molecule has 0 radical (unpaired) electrons. The summed E-state index contributed by atoms with van der Waals surface area (Å²) in [5, 5.41) is 2.68. The Morgan fingerprint density at radius 3 is 2.31 bits per heavy atom. The Balaban J connectivity index is 1.67. The molecule has 26 heavy (non-hydrogen) atoms. The minimum atomic E-state index is -0.732. The molecule has 1 aliphatic heterocycles. The van der Waals surface area contributed by atoms with Gasteiger partial charge in [0.2, 0.25) is 23.6 Å². The van der Waals surface area contributed by atoms with Crippen LogP contribution < -0.4 is 11.1 Å². The van der Waals surface area contributed by atoms with Gasteiger partial charge in [-0.15, -0.1) is 0 Å². The normalized spacial score (nSPS) is 15.2. The maximum absolute atomic E-state index is 12.0. The Morgan fingerprint density at radius 1 is 1.04 bits per heavy atom. The predicted octanol–water partition coefficient (Wildman–Crippen LogP) is 0.909. The third kappa shape index (κ3) is 5.98. The van der Waals surface area contributed by atoms with Gasteiger partial charge < -0.3 is 11.1 Å². The van der Waals surface area contributed by atoms with Crippen LogP contribution in [0.4, 0.5) is 0 Å². The highest BCUT2D eigenvalue weighted by atomic mass is 16.2. The topological polar surface area (TPSA) is 110 Å². The van der Waals surface area contributed by atoms with Crippen molar-refractivity contribution in [3.8, 4) is 0 Å². The quantitative estimate of drug-likeness (QED) is 0.478. The molecule has 0 aromatic heterocycles. The summed E-state index contributed by atoms with van der Waals surface area (Å²) in [5.74, 6) is -1.01. The minimum Gasteiger partial charge on any atom is -0.368 e. The van der Waals surface area contributed by atoms with E-state index in [0.29, 0.717) is 38.6 Å². The summed E-state index contributed by atoms with van der Waals surface area (Å²) in [6.07, 6.45) is 3.27. The van der Waals surface area contributed by atoms with Crippen LogP contribution in [0.3, 0.4) is 0 Å². The highest BCUT2D eigenvalue weighted by Crippen LogP contribution is 2.13. The Labute approximate surface area is 152 Å². The number of likely N-dealkylation sites (tertiary alicyclic amines) is 1. The van der Waals surface area contributed by atoms with Crippen LogP contribution in [0.1, 0.15) is 44.1 Å². The van der Waals surface area contributed by atoms with Crippen molar-refractivity contribution in [1.29, 1.82) is 0 Å². The molecule has 1 aromatic carbocycles. The Hall–Kier alpha value is -2.70. The summed E-state index contributed by atoms with van der Waals surface area (Å²) in [6.45, 7) is 0.414. The number of carbonyl (C=O) groups excluding carboxylic acids is 4. The van der Waals surface area contributed by atoms with Gasteiger partial charge in [-0.25, -0.2) is 0 Å². The minimum absolute atomic E-state index is 0.113. The van der Waals surface area contributed by atoms with Crippen LogP contribution >= 0.6 is 0 Å². The van der Waals surface area contributed by atoms with Crippen molar-refractivity contribution in [2.24, 2.45) is 5.73 Å². The number of imide groups is 1. The van der Waals surface area contributed by atoms with Crippen molar-refractivity contribution < 1.29 is 19.2 Å². The number of carbonyl (C=O) groups is 4. The number of nitrogens with two attached hydrogens (primary N) is 1. The van der Waals surface area contributed by atoms with Gasteiger partial charge in [-0.1, -0.05) is 36.8 Å². The summed E-state index contributed by atoms with van der Waals surface area (Å²) in [7, 11) is 0. The third-order valence-corrected chi connectivity index (χ3v) is 4.40. The van der Waals surface area contributed by atoms with Gasteiger partial charge in [-0.05, 0) is 18.4 Å². The van der Waals surface area contributed by atoms with Gasteiger partial charge in [0, 0.05) is 32.2 Å². The zero-order valence-corrected chi connectivity index (χ0v) is 14.8. The molecule has 7 heteroatoms. The van der Waals surface area contributed by atoms with E-state index in [1.807, 2.05) is 30.3 Å². The molecule has 0 spiro atoms. The lowest BCUT2D eigenvalue weighted by Gasteiger charge is -2.16. The van der Waals surface area contributed by atoms with Crippen molar-refractivity contribution in [1.82, 2.24) is 10.2 Å². The van der Waals surface area contributed by atoms with E-state index in [1.54, 1.807) is 0 Å². The molecule has 140 valence electrons. The first-order chi connectivity index (χ1) is 12.5. The molecule has 2 rings (SSSR count). The first-order valence-electron chi connectivity index (χ1n) is 8.93. The predicted molar refractivity (Wildman–Crippen MR) is 95.7 cm³/mol. The molecular weight excluding hydrogens is 334 g/mol. The SMILES string of the molecule is NC(=O)[C@@H](Cc1ccccc1)NC(=O)CCCCCN1C(=O)CCC1=O. The molecule has 7 nitrogen and oxygen atoms in total. The molecular formula is C19H25N3O4. The Kier molecular flexibility index (Phi) is 7.32. The van der Waals surface area contributed by atoms with Gasteiger partial charge in [0.05, 0.1) is 0 Å². The summed E-state index contributed by atoms with van der Waals surface area (Å²) < 4.78 is 0. The van der Waals surface area contributed by atoms with Crippen LogP contribution in [0, 0.1) is 0 Å². The fraction of sp³-hybridized carbons (Fsp3) is 0.474. The zero-order chi connectivity index (χ0) is 18.9. The molecule has 1 aliphatic rings. The van der Waals surface area contributed by atoms with E-state index in [4.69, 9.17) is 5.73 Å². The second-order valence-electron chi connectivity index (χ2n) is 6.46. The number of rotatable bonds is 10. The molecule has 0 bridgehead atoms. The number of benzene rings is 1. The molecule has 1 heterocycles. The lowest BCUT2D eigenvalue weighted by Crippen LogP contribution is -2.45. The highest BCUT2D eigenvalue weighted by Gasteiger charge is 2.27. The van der Waals surface area contributed by atoms with Gasteiger partial charge >= 0.3 is 0 Å². The lowest BCUT2D eigenvalue weighted by molar-refractivity contribution is -0.138. The lowest BCUT2D eigenvalue weighted by atomic mass is 10.1. The second-order valence-corrected chi connectivity index (χ2v) is 6.46. The summed E-state index contributed by atoms with van der Waals surface area (Å²) in [6, 6.07) is 8.64. The van der Waals surface area contributed by atoms with E-state index in [-0.39, 0.29) is 24.1 Å². The fourth-order valence-electron chi connectivity index (χ4n) is 2.94. The van der Waals surface area contributed by atoms with Crippen LogP contribution in [-0.4, -0.2) is 41.1 Å². The number of unbranched alkanes of at least 4 members (excludes halogenated alkanes) is 2. The van der Waals surface area contributed by atoms with Crippen molar-refractivity contribution in [2.75, 3.05) is 6.54 Å². The smallest absolute Gasteiger partial charge is 0.240 e. The first-order valence-corrected chi connectivity index (χ1v) is 8.93. The molecule has 1 fully saturated rings. The highest BCUT2D eigenvalue weighted by molar-refractivity contribution is 6.01. The number of hydrogen-bond donors (Lipinski definition) is 2. The van der Waals surface area contributed by atoms with E-state index < -0.39 is 11.9 Å². The number of nitrogens with one attached hydrogen (secondary N) is 1. The summed E-state index contributed by atoms with van der Waals surface area (Å²) >= 11 is 0. The largest absolute Gasteiger partial charge is 0.368 e. The van der Waals surface area contributed by atoms with Crippen molar-refractivity contribution in [3.05, 3.63) is 35.9 Å². The van der Waals surface area contributed by atoms with Crippen LogP contribution in [0.25, 0.3) is 0 Å². The standard InChI is InChI=1S/C19H25N3O4/c20-19(26)15(13-14-7-3-1-4-8-14)21-16(23)9-5-2-6-12-22-17(24)10-11-18(22)25/h1,3-4,7-8,15H,2,5-6,9-13H2,(H2,20,26)(H,21,23)/t15-/m1/s1. The number of hydrogen-bond acceptors (Lipinski definition) is 4. The number of amides is 4. The average molecular weight is 359 g/mol. The third-order valence-electron chi connectivity index (χ3n) is 4.40. The number of primary amides is 1. The Bertz CT molecular complexity index is 644. The van der Waals surface area contributed by atoms with Crippen LogP contribution in [0.2, 0.25) is 0 Å². The maximum atomic E-state index is 12.0. The molecule has 0 aliphatic carbocycles. The zero-order valence-electron chi connectivity index (χ0n) is 14.8. The van der Waals surface area contributed by atoms with Gasteiger partial charge in [-0.3, -0.25) is 24.1 Å². The molecule has 1 atom stereocenters. The van der Waals surface area contributed by atoms with Gasteiger partial charge in [0.15, 0.2) is 0 Å². The van der Waals surface area contributed by atoms with Crippen LogP contribution in [-0.2, 0) is 25.6 Å². The van der Waals surface area contributed by atoms with E-state index in [0.717, 1.165) is 12.0 Å². The molecule has 4 amide bonds. The second kappa shape index (κ2) is 9.70. The summed E-state index contributed by atoms with van der Waals surface area (Å²) in [4.78, 5) is 47.9. The maximum Gasteiger partial charge on any atom is 0.240 e. The van der Waals surface area contributed by atoms with E-state index in [2.05, 4.69) is 5.32 Å². The van der Waals surface area contributed by atoms with Crippen molar-refractivity contribution >= 4 is 23.6 Å². The summed E-state index contributed by atoms with van der Waals surface area (Å²) in [5.41, 5.74) is 6.31. The van der Waals surface area contributed by atoms with E-state index in [9.17, 15) is 19.2 Å². The first kappa shape index (κ1) is 19.6. The van der Waals surface area contributed by atoms with Gasteiger partial charge in [0.25, 0.3) is 0 Å². The molecule has 0 saturated carbocycles. The molecule has 3 N–H and O–H groups in total. The number of nitrogens with zero attached hydrogens (tertiary/aromatic N) is 1. The van der Waals surface area contributed by atoms with Gasteiger partial charge in [0.1, 0.15) is 6.04 Å². The molecule has 1 aromatic rings. The van der Waals surface area contributed by atoms with Crippen molar-refractivity contribution in [2.45, 2.75) is 51.0 Å². The van der Waals surface area contributed by atoms with Crippen molar-refractivity contribution in [3.63, 3.8) is 0 Å². The monoisotopic (exact) mass is 359 g/mol. The average Bonchev–Trinajstić information content (AvgIpc) is 2.93. The molecule has 1 saturated heterocycles. The van der Waals surface area contributed by atoms with Crippen LogP contribution in [0.5, 0.6) is 0 Å². The van der Waals surface area contributed by atoms with E-state index >= 15 is 0 Å². The Morgan fingerprint density at radius 2 is 1.69 bits per heavy atom.